The summed E-state index contributed by atoms with van der Waals surface area (Å²) in [5.41, 5.74) is 0. The zero-order chi connectivity index (χ0) is 11.0. The van der Waals surface area contributed by atoms with Gasteiger partial charge in [0.1, 0.15) is 6.04 Å². The third-order valence-electron chi connectivity index (χ3n) is 2.64. The van der Waals surface area contributed by atoms with E-state index in [1.165, 1.54) is 0 Å². The quantitative estimate of drug-likeness (QED) is 0.674. The lowest BCUT2D eigenvalue weighted by molar-refractivity contribution is 0.203. The lowest BCUT2D eigenvalue weighted by Gasteiger charge is -2.28. The number of nitrogens with zero attached hydrogens (tertiary/aromatic N) is 2. The summed E-state index contributed by atoms with van der Waals surface area (Å²) in [6.45, 7) is 11.3. The van der Waals surface area contributed by atoms with E-state index in [1.807, 2.05) is 6.92 Å². The highest BCUT2D eigenvalue weighted by molar-refractivity contribution is 4.92. The summed E-state index contributed by atoms with van der Waals surface area (Å²) in [6.07, 6.45) is 1.14. The van der Waals surface area contributed by atoms with Crippen LogP contribution in [0.2, 0.25) is 0 Å². The number of nitrogens with one attached hydrogen (secondary N) is 1. The molecule has 3 heteroatoms. The average Bonchev–Trinajstić information content (AvgIpc) is 2.23. The molecular formula is C11H23N3. The van der Waals surface area contributed by atoms with Crippen LogP contribution in [0.4, 0.5) is 0 Å². The zero-order valence-corrected chi connectivity index (χ0v) is 9.88. The highest BCUT2D eigenvalue weighted by atomic mass is 15.2. The van der Waals surface area contributed by atoms with Crippen molar-refractivity contribution in [3.05, 3.63) is 0 Å². The fraction of sp³-hybridized carbons (Fsp3) is 0.909. The molecular weight excluding hydrogens is 174 g/mol. The molecule has 0 aliphatic rings. The first-order valence-electron chi connectivity index (χ1n) is 5.56. The second-order valence-electron chi connectivity index (χ2n) is 3.58. The van der Waals surface area contributed by atoms with Crippen molar-refractivity contribution in [1.82, 2.24) is 10.2 Å². The van der Waals surface area contributed by atoms with E-state index < -0.39 is 0 Å². The van der Waals surface area contributed by atoms with E-state index in [-0.39, 0.29) is 6.04 Å². The molecule has 0 fully saturated rings. The van der Waals surface area contributed by atoms with Gasteiger partial charge in [-0.2, -0.15) is 5.26 Å². The summed E-state index contributed by atoms with van der Waals surface area (Å²) < 4.78 is 0. The molecule has 0 aliphatic carbocycles. The molecule has 2 atom stereocenters. The van der Waals surface area contributed by atoms with Gasteiger partial charge in [0.25, 0.3) is 0 Å². The van der Waals surface area contributed by atoms with E-state index in [2.05, 4.69) is 37.1 Å². The van der Waals surface area contributed by atoms with Crippen molar-refractivity contribution in [2.24, 2.45) is 0 Å². The third kappa shape index (κ3) is 4.59. The first-order chi connectivity index (χ1) is 6.69. The van der Waals surface area contributed by atoms with Crippen LogP contribution in [0, 0.1) is 11.3 Å². The van der Waals surface area contributed by atoms with Gasteiger partial charge in [0.05, 0.1) is 6.07 Å². The largest absolute Gasteiger partial charge is 0.301 e. The summed E-state index contributed by atoms with van der Waals surface area (Å²) in [4.78, 5) is 2.34. The van der Waals surface area contributed by atoms with Crippen LogP contribution in [0.3, 0.4) is 0 Å². The summed E-state index contributed by atoms with van der Waals surface area (Å²) in [5.74, 6) is 0. The van der Waals surface area contributed by atoms with Crippen molar-refractivity contribution in [2.75, 3.05) is 19.6 Å². The van der Waals surface area contributed by atoms with Crippen LogP contribution in [0.5, 0.6) is 0 Å². The first kappa shape index (κ1) is 13.4. The topological polar surface area (TPSA) is 39.1 Å². The fourth-order valence-corrected chi connectivity index (χ4v) is 1.51. The molecule has 3 nitrogen and oxygen atoms in total. The highest BCUT2D eigenvalue weighted by Gasteiger charge is 2.15. The van der Waals surface area contributed by atoms with Crippen LogP contribution in [0.15, 0.2) is 0 Å². The molecule has 0 bridgehead atoms. The van der Waals surface area contributed by atoms with E-state index in [1.54, 1.807) is 0 Å². The molecule has 0 heterocycles. The van der Waals surface area contributed by atoms with Crippen LogP contribution < -0.4 is 5.32 Å². The Morgan fingerprint density at radius 2 is 2.00 bits per heavy atom. The Hall–Kier alpha value is -0.590. The lowest BCUT2D eigenvalue weighted by atomic mass is 10.2. The van der Waals surface area contributed by atoms with E-state index in [9.17, 15) is 0 Å². The van der Waals surface area contributed by atoms with Crippen molar-refractivity contribution < 1.29 is 0 Å². The lowest BCUT2D eigenvalue weighted by Crippen LogP contribution is -2.43. The molecule has 0 aromatic rings. The number of likely N-dealkylation sites (N-methyl/N-ethyl adjacent to an activating group) is 2. The van der Waals surface area contributed by atoms with Gasteiger partial charge in [-0.1, -0.05) is 20.8 Å². The van der Waals surface area contributed by atoms with E-state index in [0.29, 0.717) is 6.04 Å². The summed E-state index contributed by atoms with van der Waals surface area (Å²) in [6, 6.07) is 2.82. The molecule has 0 spiro atoms. The molecule has 0 saturated heterocycles. The van der Waals surface area contributed by atoms with Crippen LogP contribution in [0.25, 0.3) is 0 Å². The predicted octanol–water partition coefficient (Wildman–Crippen LogP) is 1.61. The number of hydrogen-bond donors (Lipinski definition) is 1. The molecule has 0 amide bonds. The maximum atomic E-state index is 8.92. The zero-order valence-electron chi connectivity index (χ0n) is 9.88. The molecule has 0 aliphatic heterocycles. The van der Waals surface area contributed by atoms with Gasteiger partial charge in [0.15, 0.2) is 0 Å². The van der Waals surface area contributed by atoms with E-state index >= 15 is 0 Å². The molecule has 0 rings (SSSR count). The van der Waals surface area contributed by atoms with Gasteiger partial charge < -0.3 is 5.32 Å². The third-order valence-corrected chi connectivity index (χ3v) is 2.64. The van der Waals surface area contributed by atoms with Crippen molar-refractivity contribution in [1.29, 1.82) is 5.26 Å². The van der Waals surface area contributed by atoms with Crippen LogP contribution in [-0.2, 0) is 0 Å². The Bertz CT molecular complexity index is 174. The maximum absolute atomic E-state index is 8.92. The molecule has 0 aromatic carbocycles. The second kappa shape index (κ2) is 7.78. The first-order valence-corrected chi connectivity index (χ1v) is 5.56. The van der Waals surface area contributed by atoms with Crippen LogP contribution >= 0.6 is 0 Å². The Morgan fingerprint density at radius 3 is 2.36 bits per heavy atom. The van der Waals surface area contributed by atoms with Gasteiger partial charge in [-0.15, -0.1) is 0 Å². The van der Waals surface area contributed by atoms with Gasteiger partial charge in [0, 0.05) is 12.6 Å². The van der Waals surface area contributed by atoms with E-state index in [4.69, 9.17) is 5.26 Å². The number of hydrogen-bond acceptors (Lipinski definition) is 3. The molecule has 14 heavy (non-hydrogen) atoms. The number of nitriles is 1. The molecule has 82 valence electrons. The van der Waals surface area contributed by atoms with Crippen molar-refractivity contribution in [3.8, 4) is 6.07 Å². The van der Waals surface area contributed by atoms with Crippen molar-refractivity contribution in [3.63, 3.8) is 0 Å². The normalized spacial score (nSPS) is 15.1. The minimum atomic E-state index is -0.0334. The van der Waals surface area contributed by atoms with Crippen LogP contribution in [-0.4, -0.2) is 36.6 Å². The maximum Gasteiger partial charge on any atom is 0.108 e. The summed E-state index contributed by atoms with van der Waals surface area (Å²) >= 11 is 0. The smallest absolute Gasteiger partial charge is 0.108 e. The van der Waals surface area contributed by atoms with Crippen LogP contribution in [0.1, 0.15) is 34.1 Å². The Kier molecular flexibility index (Phi) is 7.45. The van der Waals surface area contributed by atoms with E-state index in [0.717, 1.165) is 26.1 Å². The monoisotopic (exact) mass is 197 g/mol. The summed E-state index contributed by atoms with van der Waals surface area (Å²) in [5, 5.41) is 12.1. The minimum absolute atomic E-state index is 0.0334. The van der Waals surface area contributed by atoms with Gasteiger partial charge in [-0.05, 0) is 26.4 Å². The van der Waals surface area contributed by atoms with Crippen molar-refractivity contribution >= 4 is 0 Å². The molecule has 0 radical (unpaired) electrons. The van der Waals surface area contributed by atoms with Crippen molar-refractivity contribution in [2.45, 2.75) is 46.2 Å². The molecule has 1 N–H and O–H groups in total. The van der Waals surface area contributed by atoms with Gasteiger partial charge >= 0.3 is 0 Å². The van der Waals surface area contributed by atoms with Gasteiger partial charge in [-0.3, -0.25) is 4.90 Å². The molecule has 0 aromatic heterocycles. The predicted molar refractivity (Wildman–Crippen MR) is 60.1 cm³/mol. The standard InChI is InChI=1S/C11H23N3/c1-5-10(4)14(7-3)9-11(8-12)13-6-2/h10-11,13H,5-7,9H2,1-4H3. The fourth-order valence-electron chi connectivity index (χ4n) is 1.51. The highest BCUT2D eigenvalue weighted by Crippen LogP contribution is 2.03. The Labute approximate surface area is 88.1 Å². The molecule has 0 saturated carbocycles. The SMILES string of the molecule is CCNC(C#N)CN(CC)C(C)CC. The summed E-state index contributed by atoms with van der Waals surface area (Å²) in [7, 11) is 0. The average molecular weight is 197 g/mol. The van der Waals surface area contributed by atoms with Gasteiger partial charge in [0.2, 0.25) is 0 Å². The Morgan fingerprint density at radius 1 is 1.36 bits per heavy atom. The minimum Gasteiger partial charge on any atom is -0.301 e. The Balaban J connectivity index is 4.08. The second-order valence-corrected chi connectivity index (χ2v) is 3.58. The molecule has 2 unspecified atom stereocenters. The van der Waals surface area contributed by atoms with Gasteiger partial charge in [-0.25, -0.2) is 0 Å². The number of rotatable bonds is 7.